The Kier molecular flexibility index (Phi) is 1.39. The summed E-state index contributed by atoms with van der Waals surface area (Å²) in [6, 6.07) is 0. The molecule has 1 N–H and O–H groups in total. The van der Waals surface area contributed by atoms with Gasteiger partial charge in [-0.2, -0.15) is 0 Å². The van der Waals surface area contributed by atoms with Crippen LogP contribution in [-0.4, -0.2) is 11.1 Å². The second-order valence-corrected chi connectivity index (χ2v) is 2.16. The summed E-state index contributed by atoms with van der Waals surface area (Å²) in [5.74, 6) is -0.827. The molecule has 0 aromatic heterocycles. The Hall–Kier alpha value is -1.05. The standard InChI is InChI=1S/C7H8O2/c1-5-2-3-6(4-5)7(8)9/h3-4H,2H2,1H3,(H,8,9). The quantitative estimate of drug-likeness (QED) is 0.572. The lowest BCUT2D eigenvalue weighted by Gasteiger charge is -1.84. The molecular formula is C7H8O2. The van der Waals surface area contributed by atoms with Gasteiger partial charge in [-0.05, 0) is 19.4 Å². The van der Waals surface area contributed by atoms with Gasteiger partial charge in [0, 0.05) is 0 Å². The van der Waals surface area contributed by atoms with E-state index in [0.717, 1.165) is 12.0 Å². The Balaban J connectivity index is 2.75. The third kappa shape index (κ3) is 1.19. The smallest absolute Gasteiger partial charge is 0.335 e. The van der Waals surface area contributed by atoms with Gasteiger partial charge in [-0.15, -0.1) is 0 Å². The first-order valence-corrected chi connectivity index (χ1v) is 2.81. The lowest BCUT2D eigenvalue weighted by atomic mass is 10.3. The molecule has 0 saturated heterocycles. The summed E-state index contributed by atoms with van der Waals surface area (Å²) in [7, 11) is 0. The highest BCUT2D eigenvalue weighted by Gasteiger charge is 2.08. The Morgan fingerprint density at radius 3 is 2.67 bits per heavy atom. The first-order valence-electron chi connectivity index (χ1n) is 2.81. The first-order chi connectivity index (χ1) is 4.20. The number of carbonyl (C=O) groups is 1. The second-order valence-electron chi connectivity index (χ2n) is 2.16. The van der Waals surface area contributed by atoms with Gasteiger partial charge in [-0.25, -0.2) is 4.79 Å². The van der Waals surface area contributed by atoms with Crippen LogP contribution >= 0.6 is 0 Å². The largest absolute Gasteiger partial charge is 0.478 e. The summed E-state index contributed by atoms with van der Waals surface area (Å²) in [5.41, 5.74) is 1.54. The number of aliphatic carboxylic acids is 1. The van der Waals surface area contributed by atoms with Crippen LogP contribution in [0.1, 0.15) is 13.3 Å². The fraction of sp³-hybridized carbons (Fsp3) is 0.286. The second kappa shape index (κ2) is 2.05. The number of carboxylic acid groups (broad SMARTS) is 1. The number of allylic oxidation sites excluding steroid dienone is 2. The molecule has 0 aromatic rings. The molecule has 1 aliphatic carbocycles. The summed E-state index contributed by atoms with van der Waals surface area (Å²) in [6.45, 7) is 1.92. The summed E-state index contributed by atoms with van der Waals surface area (Å²) >= 11 is 0. The van der Waals surface area contributed by atoms with Gasteiger partial charge in [0.25, 0.3) is 0 Å². The van der Waals surface area contributed by atoms with Crippen molar-refractivity contribution in [3.63, 3.8) is 0 Å². The summed E-state index contributed by atoms with van der Waals surface area (Å²) in [6.07, 6.45) is 4.21. The zero-order valence-corrected chi connectivity index (χ0v) is 5.22. The molecule has 2 nitrogen and oxygen atoms in total. The van der Waals surface area contributed by atoms with E-state index in [9.17, 15) is 4.79 Å². The van der Waals surface area contributed by atoms with Gasteiger partial charge in [0.05, 0.1) is 5.57 Å². The van der Waals surface area contributed by atoms with Crippen molar-refractivity contribution in [1.29, 1.82) is 0 Å². The van der Waals surface area contributed by atoms with Crippen LogP contribution in [-0.2, 0) is 4.79 Å². The van der Waals surface area contributed by atoms with Gasteiger partial charge in [-0.1, -0.05) is 11.6 Å². The molecule has 0 amide bonds. The van der Waals surface area contributed by atoms with Crippen molar-refractivity contribution in [3.05, 3.63) is 23.3 Å². The van der Waals surface area contributed by atoms with E-state index >= 15 is 0 Å². The molecular weight excluding hydrogens is 116 g/mol. The molecule has 48 valence electrons. The minimum Gasteiger partial charge on any atom is -0.478 e. The lowest BCUT2D eigenvalue weighted by Crippen LogP contribution is -1.94. The van der Waals surface area contributed by atoms with Crippen molar-refractivity contribution in [2.45, 2.75) is 13.3 Å². The average Bonchev–Trinajstić information content (AvgIpc) is 2.14. The molecule has 0 atom stereocenters. The predicted octanol–water partition coefficient (Wildman–Crippen LogP) is 1.35. The summed E-state index contributed by atoms with van der Waals surface area (Å²) in [4.78, 5) is 10.2. The molecule has 0 spiro atoms. The van der Waals surface area contributed by atoms with Crippen LogP contribution in [0.5, 0.6) is 0 Å². The van der Waals surface area contributed by atoms with Gasteiger partial charge in [0.15, 0.2) is 0 Å². The fourth-order valence-corrected chi connectivity index (χ4v) is 0.803. The highest BCUT2D eigenvalue weighted by molar-refractivity contribution is 5.90. The van der Waals surface area contributed by atoms with Gasteiger partial charge in [-0.3, -0.25) is 0 Å². The predicted molar refractivity (Wildman–Crippen MR) is 34.1 cm³/mol. The van der Waals surface area contributed by atoms with E-state index < -0.39 is 5.97 Å². The van der Waals surface area contributed by atoms with Crippen molar-refractivity contribution in [2.24, 2.45) is 0 Å². The highest BCUT2D eigenvalue weighted by atomic mass is 16.4. The van der Waals surface area contributed by atoms with Crippen LogP contribution in [0.15, 0.2) is 23.3 Å². The van der Waals surface area contributed by atoms with Gasteiger partial charge in [0.1, 0.15) is 0 Å². The highest BCUT2D eigenvalue weighted by Crippen LogP contribution is 2.15. The monoisotopic (exact) mass is 124 g/mol. The third-order valence-corrected chi connectivity index (χ3v) is 1.29. The van der Waals surface area contributed by atoms with Crippen LogP contribution in [0.25, 0.3) is 0 Å². The Morgan fingerprint density at radius 1 is 1.78 bits per heavy atom. The van der Waals surface area contributed by atoms with Crippen molar-refractivity contribution in [1.82, 2.24) is 0 Å². The molecule has 0 aromatic carbocycles. The fourth-order valence-electron chi connectivity index (χ4n) is 0.803. The van der Waals surface area contributed by atoms with Crippen molar-refractivity contribution in [2.75, 3.05) is 0 Å². The molecule has 0 heterocycles. The van der Waals surface area contributed by atoms with E-state index in [2.05, 4.69) is 0 Å². The Morgan fingerprint density at radius 2 is 2.44 bits per heavy atom. The summed E-state index contributed by atoms with van der Waals surface area (Å²) in [5, 5.41) is 8.42. The van der Waals surface area contributed by atoms with Crippen molar-refractivity contribution in [3.8, 4) is 0 Å². The number of hydrogen-bond donors (Lipinski definition) is 1. The molecule has 0 radical (unpaired) electrons. The number of rotatable bonds is 1. The lowest BCUT2D eigenvalue weighted by molar-refractivity contribution is -0.132. The molecule has 0 fully saturated rings. The van der Waals surface area contributed by atoms with Gasteiger partial charge >= 0.3 is 5.97 Å². The minimum atomic E-state index is -0.827. The average molecular weight is 124 g/mol. The minimum absolute atomic E-state index is 0.424. The third-order valence-electron chi connectivity index (χ3n) is 1.29. The zero-order valence-electron chi connectivity index (χ0n) is 5.22. The Bertz CT molecular complexity index is 199. The maximum Gasteiger partial charge on any atom is 0.335 e. The van der Waals surface area contributed by atoms with E-state index in [1.807, 2.05) is 6.92 Å². The van der Waals surface area contributed by atoms with Crippen LogP contribution < -0.4 is 0 Å². The molecule has 0 saturated carbocycles. The summed E-state index contributed by atoms with van der Waals surface area (Å²) < 4.78 is 0. The molecule has 1 rings (SSSR count). The molecule has 0 bridgehead atoms. The van der Waals surface area contributed by atoms with Gasteiger partial charge < -0.3 is 5.11 Å². The first kappa shape index (κ1) is 6.08. The normalized spacial score (nSPS) is 17.0. The van der Waals surface area contributed by atoms with Crippen LogP contribution in [0, 0.1) is 0 Å². The molecule has 0 aliphatic heterocycles. The van der Waals surface area contributed by atoms with E-state index in [1.165, 1.54) is 0 Å². The van der Waals surface area contributed by atoms with E-state index in [-0.39, 0.29) is 0 Å². The zero-order chi connectivity index (χ0) is 6.85. The SMILES string of the molecule is CC1=CC(C(=O)O)=CC1. The maximum atomic E-state index is 10.2. The van der Waals surface area contributed by atoms with E-state index in [1.54, 1.807) is 12.2 Å². The van der Waals surface area contributed by atoms with Gasteiger partial charge in [0.2, 0.25) is 0 Å². The van der Waals surface area contributed by atoms with Crippen LogP contribution in [0.3, 0.4) is 0 Å². The molecule has 9 heavy (non-hydrogen) atoms. The van der Waals surface area contributed by atoms with Crippen LogP contribution in [0.4, 0.5) is 0 Å². The Labute approximate surface area is 53.5 Å². The van der Waals surface area contributed by atoms with Crippen LogP contribution in [0.2, 0.25) is 0 Å². The number of carboxylic acids is 1. The van der Waals surface area contributed by atoms with Crippen molar-refractivity contribution >= 4 is 5.97 Å². The van der Waals surface area contributed by atoms with E-state index in [4.69, 9.17) is 5.11 Å². The number of hydrogen-bond acceptors (Lipinski definition) is 1. The van der Waals surface area contributed by atoms with E-state index in [0.29, 0.717) is 5.57 Å². The maximum absolute atomic E-state index is 10.2. The molecule has 1 aliphatic rings. The topological polar surface area (TPSA) is 37.3 Å². The molecule has 2 heteroatoms. The van der Waals surface area contributed by atoms with Crippen molar-refractivity contribution < 1.29 is 9.90 Å². The molecule has 0 unspecified atom stereocenters.